The third-order valence-electron chi connectivity index (χ3n) is 6.64. The highest BCUT2D eigenvalue weighted by atomic mass is 16.1. The Morgan fingerprint density at radius 3 is 2.33 bits per heavy atom. The average Bonchev–Trinajstić information content (AvgIpc) is 2.54. The lowest BCUT2D eigenvalue weighted by Gasteiger charge is -2.57. The summed E-state index contributed by atoms with van der Waals surface area (Å²) in [5.41, 5.74) is 2.91. The molecule has 5 rings (SSSR count). The highest BCUT2D eigenvalue weighted by molar-refractivity contribution is 5.78. The fourth-order valence-electron chi connectivity index (χ4n) is 5.88. The summed E-state index contributed by atoms with van der Waals surface area (Å²) in [5.74, 6) is 2.92. The molecule has 0 atom stereocenters. The number of carbonyl (C=O) groups excluding carboxylic acids is 1. The van der Waals surface area contributed by atoms with E-state index in [1.54, 1.807) is 0 Å². The number of amides is 1. The third-order valence-corrected chi connectivity index (χ3v) is 6.64. The highest BCUT2D eigenvalue weighted by Crippen LogP contribution is 2.55. The molecule has 2 N–H and O–H groups in total. The first-order valence-corrected chi connectivity index (χ1v) is 9.68. The van der Waals surface area contributed by atoms with Crippen LogP contribution in [0.3, 0.4) is 0 Å². The van der Waals surface area contributed by atoms with E-state index < -0.39 is 0 Å². The molecule has 0 spiro atoms. The van der Waals surface area contributed by atoms with Crippen molar-refractivity contribution in [3.8, 4) is 0 Å². The molecule has 4 aliphatic rings. The molecule has 1 amide bonds. The summed E-state index contributed by atoms with van der Waals surface area (Å²) in [4.78, 5) is 12.2. The SMILES string of the molecule is Cc1ccccc1CCNC(=O)CNC12CC3CC(CC(C3)C1)C2. The smallest absolute Gasteiger partial charge is 0.233 e. The molecule has 0 radical (unpaired) electrons. The zero-order valence-electron chi connectivity index (χ0n) is 14.8. The summed E-state index contributed by atoms with van der Waals surface area (Å²) in [6.07, 6.45) is 9.16. The standard InChI is InChI=1S/C21H30N2O/c1-15-4-2-3-5-19(15)6-7-22-20(24)14-23-21-11-16-8-17(12-21)10-18(9-16)13-21/h2-5,16-18,23H,6-14H2,1H3,(H,22,24). The number of carbonyl (C=O) groups is 1. The molecule has 3 nitrogen and oxygen atoms in total. The van der Waals surface area contributed by atoms with Crippen molar-refractivity contribution in [2.75, 3.05) is 13.1 Å². The Hall–Kier alpha value is -1.35. The zero-order valence-corrected chi connectivity index (χ0v) is 14.8. The Morgan fingerprint density at radius 1 is 1.08 bits per heavy atom. The first-order chi connectivity index (χ1) is 11.6. The molecular weight excluding hydrogens is 296 g/mol. The lowest BCUT2D eigenvalue weighted by atomic mass is 9.53. The van der Waals surface area contributed by atoms with Gasteiger partial charge >= 0.3 is 0 Å². The summed E-state index contributed by atoms with van der Waals surface area (Å²) < 4.78 is 0. The van der Waals surface area contributed by atoms with Crippen LogP contribution < -0.4 is 10.6 Å². The minimum absolute atomic E-state index is 0.152. The molecule has 4 saturated carbocycles. The van der Waals surface area contributed by atoms with Gasteiger partial charge in [-0.25, -0.2) is 0 Å². The van der Waals surface area contributed by atoms with Crippen LogP contribution in [0.15, 0.2) is 24.3 Å². The molecule has 0 heterocycles. The Balaban J connectivity index is 1.23. The van der Waals surface area contributed by atoms with Crippen molar-refractivity contribution in [1.29, 1.82) is 0 Å². The number of hydrogen-bond acceptors (Lipinski definition) is 2. The first-order valence-electron chi connectivity index (χ1n) is 9.68. The van der Waals surface area contributed by atoms with Gasteiger partial charge < -0.3 is 10.6 Å². The maximum atomic E-state index is 12.2. The van der Waals surface area contributed by atoms with Gasteiger partial charge in [0.15, 0.2) is 0 Å². The van der Waals surface area contributed by atoms with Crippen molar-refractivity contribution in [2.45, 2.75) is 57.4 Å². The molecule has 0 unspecified atom stereocenters. The normalized spacial score (nSPS) is 33.6. The Kier molecular flexibility index (Phi) is 4.38. The van der Waals surface area contributed by atoms with Gasteiger partial charge in [-0.1, -0.05) is 24.3 Å². The van der Waals surface area contributed by atoms with Gasteiger partial charge in [-0.3, -0.25) is 4.79 Å². The second-order valence-electron chi connectivity index (χ2n) is 8.58. The van der Waals surface area contributed by atoms with Gasteiger partial charge in [-0.05, 0) is 80.8 Å². The number of rotatable bonds is 6. The van der Waals surface area contributed by atoms with E-state index in [-0.39, 0.29) is 11.4 Å². The van der Waals surface area contributed by atoms with Crippen LogP contribution in [0, 0.1) is 24.7 Å². The van der Waals surface area contributed by atoms with E-state index in [2.05, 4.69) is 41.8 Å². The summed E-state index contributed by atoms with van der Waals surface area (Å²) in [7, 11) is 0. The predicted molar refractivity (Wildman–Crippen MR) is 96.8 cm³/mol. The first kappa shape index (κ1) is 16.1. The van der Waals surface area contributed by atoms with Gasteiger partial charge in [-0.2, -0.15) is 0 Å². The molecule has 4 aliphatic carbocycles. The summed E-state index contributed by atoms with van der Waals surface area (Å²) >= 11 is 0. The lowest BCUT2D eigenvalue weighted by molar-refractivity contribution is -0.121. The Labute approximate surface area is 145 Å². The van der Waals surface area contributed by atoms with Crippen LogP contribution in [0.25, 0.3) is 0 Å². The zero-order chi connectivity index (χ0) is 16.6. The topological polar surface area (TPSA) is 41.1 Å². The van der Waals surface area contributed by atoms with E-state index in [4.69, 9.17) is 0 Å². The molecule has 1 aromatic carbocycles. The molecule has 0 aliphatic heterocycles. The second kappa shape index (κ2) is 6.51. The van der Waals surface area contributed by atoms with Crippen LogP contribution in [-0.4, -0.2) is 24.5 Å². The molecule has 24 heavy (non-hydrogen) atoms. The van der Waals surface area contributed by atoms with E-state index in [1.165, 1.54) is 49.7 Å². The van der Waals surface area contributed by atoms with Crippen molar-refractivity contribution < 1.29 is 4.79 Å². The molecule has 4 fully saturated rings. The van der Waals surface area contributed by atoms with Crippen LogP contribution in [0.1, 0.15) is 49.7 Å². The van der Waals surface area contributed by atoms with E-state index >= 15 is 0 Å². The van der Waals surface area contributed by atoms with Crippen LogP contribution in [0.2, 0.25) is 0 Å². The largest absolute Gasteiger partial charge is 0.355 e. The molecule has 0 aromatic heterocycles. The fourth-order valence-corrected chi connectivity index (χ4v) is 5.88. The Bertz CT molecular complexity index is 574. The average molecular weight is 326 g/mol. The van der Waals surface area contributed by atoms with Crippen LogP contribution in [-0.2, 0) is 11.2 Å². The molecule has 4 bridgehead atoms. The molecule has 1 aromatic rings. The maximum absolute atomic E-state index is 12.2. The van der Waals surface area contributed by atoms with Gasteiger partial charge in [0, 0.05) is 12.1 Å². The van der Waals surface area contributed by atoms with Crippen LogP contribution >= 0.6 is 0 Å². The van der Waals surface area contributed by atoms with E-state index in [0.29, 0.717) is 6.54 Å². The van der Waals surface area contributed by atoms with Crippen molar-refractivity contribution >= 4 is 5.91 Å². The minimum atomic E-state index is 0.152. The number of aryl methyl sites for hydroxylation is 1. The van der Waals surface area contributed by atoms with E-state index in [0.717, 1.165) is 30.7 Å². The summed E-state index contributed by atoms with van der Waals surface area (Å²) in [6, 6.07) is 8.41. The molecule has 3 heteroatoms. The maximum Gasteiger partial charge on any atom is 0.233 e. The number of nitrogens with one attached hydrogen (secondary N) is 2. The van der Waals surface area contributed by atoms with Crippen LogP contribution in [0.5, 0.6) is 0 Å². The highest BCUT2D eigenvalue weighted by Gasteiger charge is 2.50. The predicted octanol–water partition coefficient (Wildman–Crippen LogP) is 3.21. The van der Waals surface area contributed by atoms with Gasteiger partial charge in [0.1, 0.15) is 0 Å². The monoisotopic (exact) mass is 326 g/mol. The lowest BCUT2D eigenvalue weighted by Crippen LogP contribution is -2.59. The number of hydrogen-bond donors (Lipinski definition) is 2. The summed E-state index contributed by atoms with van der Waals surface area (Å²) in [6.45, 7) is 3.35. The van der Waals surface area contributed by atoms with Gasteiger partial charge in [0.2, 0.25) is 5.91 Å². The van der Waals surface area contributed by atoms with Crippen molar-refractivity contribution in [3.63, 3.8) is 0 Å². The van der Waals surface area contributed by atoms with Crippen LogP contribution in [0.4, 0.5) is 0 Å². The molecule has 0 saturated heterocycles. The Morgan fingerprint density at radius 2 is 1.71 bits per heavy atom. The molecule has 130 valence electrons. The second-order valence-corrected chi connectivity index (χ2v) is 8.58. The van der Waals surface area contributed by atoms with Crippen molar-refractivity contribution in [2.24, 2.45) is 17.8 Å². The quantitative estimate of drug-likeness (QED) is 0.843. The van der Waals surface area contributed by atoms with E-state index in [9.17, 15) is 4.79 Å². The van der Waals surface area contributed by atoms with Gasteiger partial charge in [0.05, 0.1) is 6.54 Å². The third kappa shape index (κ3) is 3.37. The fraction of sp³-hybridized carbons (Fsp3) is 0.667. The molecular formula is C21H30N2O. The van der Waals surface area contributed by atoms with Gasteiger partial charge in [0.25, 0.3) is 0 Å². The summed E-state index contributed by atoms with van der Waals surface area (Å²) in [5, 5.41) is 6.76. The van der Waals surface area contributed by atoms with E-state index in [1.807, 2.05) is 0 Å². The minimum Gasteiger partial charge on any atom is -0.355 e. The van der Waals surface area contributed by atoms with Crippen molar-refractivity contribution in [1.82, 2.24) is 10.6 Å². The van der Waals surface area contributed by atoms with Gasteiger partial charge in [-0.15, -0.1) is 0 Å². The van der Waals surface area contributed by atoms with Crippen molar-refractivity contribution in [3.05, 3.63) is 35.4 Å². The number of benzene rings is 1.